The number of likely N-dealkylation sites (N-methyl/N-ethyl adjacent to an activating group) is 1. The zero-order valence-corrected chi connectivity index (χ0v) is 17.3. The summed E-state index contributed by atoms with van der Waals surface area (Å²) in [6, 6.07) is 5.52. The molecule has 0 bridgehead atoms. The van der Waals surface area contributed by atoms with Gasteiger partial charge >= 0.3 is 0 Å². The summed E-state index contributed by atoms with van der Waals surface area (Å²) in [5.41, 5.74) is 1.02. The van der Waals surface area contributed by atoms with Crippen molar-refractivity contribution in [1.82, 2.24) is 15.1 Å². The van der Waals surface area contributed by atoms with E-state index in [0.29, 0.717) is 35.6 Å². The van der Waals surface area contributed by atoms with Crippen molar-refractivity contribution in [2.24, 2.45) is 5.92 Å². The molecule has 0 aromatic heterocycles. The van der Waals surface area contributed by atoms with E-state index >= 15 is 0 Å². The van der Waals surface area contributed by atoms with Gasteiger partial charge in [0.05, 0.1) is 29.3 Å². The van der Waals surface area contributed by atoms with E-state index < -0.39 is 0 Å². The average Bonchev–Trinajstić information content (AvgIpc) is 2.56. The van der Waals surface area contributed by atoms with Crippen LogP contribution in [-0.4, -0.2) is 68.2 Å². The molecule has 5 nitrogen and oxygen atoms in total. The quantitative estimate of drug-likeness (QED) is 0.727. The van der Waals surface area contributed by atoms with Gasteiger partial charge in [0.25, 0.3) is 0 Å². The van der Waals surface area contributed by atoms with E-state index in [2.05, 4.69) is 24.1 Å². The second kappa shape index (κ2) is 10.5. The predicted molar refractivity (Wildman–Crippen MR) is 107 cm³/mol. The Kier molecular flexibility index (Phi) is 8.64. The lowest BCUT2D eigenvalue weighted by Gasteiger charge is -2.34. The van der Waals surface area contributed by atoms with Crippen LogP contribution in [0, 0.1) is 5.92 Å². The number of hydrogen-bond donors (Lipinski definition) is 1. The Morgan fingerprint density at radius 3 is 2.85 bits per heavy atom. The molecule has 0 radical (unpaired) electrons. The molecule has 1 aliphatic heterocycles. The highest BCUT2D eigenvalue weighted by atomic mass is 35.5. The monoisotopic (exact) mass is 401 g/mol. The summed E-state index contributed by atoms with van der Waals surface area (Å²) < 4.78 is 5.77. The summed E-state index contributed by atoms with van der Waals surface area (Å²) in [7, 11) is 1.91. The van der Waals surface area contributed by atoms with Gasteiger partial charge in [0.15, 0.2) is 0 Å². The average molecular weight is 402 g/mol. The van der Waals surface area contributed by atoms with Gasteiger partial charge in [-0.05, 0) is 30.7 Å². The maximum atomic E-state index is 12.2. The molecule has 2 rings (SSSR count). The standard InChI is InChI=1S/C19H29Cl2N3O2/c1-14(2)10-24-6-7-26-16(12-24)9-22-19(25)13-23(3)11-15-4-5-17(20)18(21)8-15/h4-5,8,14,16H,6-7,9-13H2,1-3H3,(H,22,25)/t16-/m1/s1. The van der Waals surface area contributed by atoms with E-state index in [9.17, 15) is 4.79 Å². The van der Waals surface area contributed by atoms with Gasteiger partial charge in [0, 0.05) is 32.7 Å². The Balaban J connectivity index is 1.71. The van der Waals surface area contributed by atoms with Crippen LogP contribution in [0.25, 0.3) is 0 Å². The molecule has 1 aliphatic rings. The molecule has 7 heteroatoms. The Morgan fingerprint density at radius 2 is 2.15 bits per heavy atom. The number of hydrogen-bond acceptors (Lipinski definition) is 4. The number of nitrogens with zero attached hydrogens (tertiary/aromatic N) is 2. The van der Waals surface area contributed by atoms with Crippen LogP contribution in [0.2, 0.25) is 10.0 Å². The van der Waals surface area contributed by atoms with E-state index in [4.69, 9.17) is 27.9 Å². The summed E-state index contributed by atoms with van der Waals surface area (Å²) in [5, 5.41) is 4.05. The number of nitrogens with one attached hydrogen (secondary N) is 1. The van der Waals surface area contributed by atoms with E-state index in [0.717, 1.165) is 31.8 Å². The molecule has 0 unspecified atom stereocenters. The Hall–Kier alpha value is -0.850. The van der Waals surface area contributed by atoms with E-state index in [-0.39, 0.29) is 12.0 Å². The Bertz CT molecular complexity index is 598. The highest BCUT2D eigenvalue weighted by Crippen LogP contribution is 2.23. The van der Waals surface area contributed by atoms with Crippen LogP contribution >= 0.6 is 23.2 Å². The van der Waals surface area contributed by atoms with Crippen molar-refractivity contribution in [2.75, 3.05) is 46.4 Å². The third kappa shape index (κ3) is 7.41. The first-order valence-electron chi connectivity index (χ1n) is 9.06. The van der Waals surface area contributed by atoms with Crippen LogP contribution in [0.15, 0.2) is 18.2 Å². The number of rotatable bonds is 8. The van der Waals surface area contributed by atoms with E-state index in [1.165, 1.54) is 0 Å². The fraction of sp³-hybridized carbons (Fsp3) is 0.632. The topological polar surface area (TPSA) is 44.8 Å². The number of amides is 1. The molecule has 0 saturated carbocycles. The van der Waals surface area contributed by atoms with Crippen LogP contribution in [0.5, 0.6) is 0 Å². The summed E-state index contributed by atoms with van der Waals surface area (Å²) in [4.78, 5) is 16.5. The van der Waals surface area contributed by atoms with Gasteiger partial charge in [-0.3, -0.25) is 14.6 Å². The lowest BCUT2D eigenvalue weighted by molar-refractivity contribution is -0.123. The van der Waals surface area contributed by atoms with Gasteiger partial charge in [-0.2, -0.15) is 0 Å². The van der Waals surface area contributed by atoms with E-state index in [1.807, 2.05) is 24.1 Å². The number of morpholine rings is 1. The van der Waals surface area contributed by atoms with Gasteiger partial charge in [-0.25, -0.2) is 0 Å². The van der Waals surface area contributed by atoms with Gasteiger partial charge in [-0.1, -0.05) is 43.1 Å². The summed E-state index contributed by atoms with van der Waals surface area (Å²) >= 11 is 12.0. The summed E-state index contributed by atoms with van der Waals surface area (Å²) in [6.07, 6.45) is 0.0619. The Morgan fingerprint density at radius 1 is 1.38 bits per heavy atom. The number of halogens is 2. The zero-order valence-electron chi connectivity index (χ0n) is 15.8. The van der Waals surface area contributed by atoms with Gasteiger partial charge in [-0.15, -0.1) is 0 Å². The molecule has 1 amide bonds. The highest BCUT2D eigenvalue weighted by molar-refractivity contribution is 6.42. The number of carbonyl (C=O) groups excluding carboxylic acids is 1. The molecule has 1 atom stereocenters. The minimum Gasteiger partial charge on any atom is -0.374 e. The molecule has 0 aliphatic carbocycles. The second-order valence-electron chi connectivity index (χ2n) is 7.37. The SMILES string of the molecule is CC(C)CN1CCO[C@H](CNC(=O)CN(C)Cc2ccc(Cl)c(Cl)c2)C1. The van der Waals surface area contributed by atoms with Crippen molar-refractivity contribution >= 4 is 29.1 Å². The summed E-state index contributed by atoms with van der Waals surface area (Å²) in [5.74, 6) is 0.635. The fourth-order valence-corrected chi connectivity index (χ4v) is 3.44. The van der Waals surface area contributed by atoms with Crippen molar-refractivity contribution in [2.45, 2.75) is 26.5 Å². The minimum absolute atomic E-state index is 0.00264. The van der Waals surface area contributed by atoms with Crippen LogP contribution in [-0.2, 0) is 16.1 Å². The van der Waals surface area contributed by atoms with Gasteiger partial charge in [0.2, 0.25) is 5.91 Å². The second-order valence-corrected chi connectivity index (χ2v) is 8.19. The van der Waals surface area contributed by atoms with Crippen LogP contribution < -0.4 is 5.32 Å². The molecule has 26 heavy (non-hydrogen) atoms. The number of carbonyl (C=O) groups is 1. The first-order chi connectivity index (χ1) is 12.3. The number of ether oxygens (including phenoxy) is 1. The molecular weight excluding hydrogens is 373 g/mol. The van der Waals surface area contributed by atoms with Crippen LogP contribution in [0.3, 0.4) is 0 Å². The Labute approximate surface area is 166 Å². The third-order valence-corrected chi connectivity index (χ3v) is 4.96. The zero-order chi connectivity index (χ0) is 19.1. The first kappa shape index (κ1) is 21.5. The molecule has 1 aromatic rings. The largest absolute Gasteiger partial charge is 0.374 e. The lowest BCUT2D eigenvalue weighted by atomic mass is 10.2. The smallest absolute Gasteiger partial charge is 0.234 e. The normalized spacial score (nSPS) is 18.5. The minimum atomic E-state index is -0.00264. The van der Waals surface area contributed by atoms with Gasteiger partial charge in [0.1, 0.15) is 0 Å². The lowest BCUT2D eigenvalue weighted by Crippen LogP contribution is -2.49. The first-order valence-corrected chi connectivity index (χ1v) is 9.82. The van der Waals surface area contributed by atoms with Crippen LogP contribution in [0.4, 0.5) is 0 Å². The van der Waals surface area contributed by atoms with Crippen LogP contribution in [0.1, 0.15) is 19.4 Å². The molecule has 1 N–H and O–H groups in total. The third-order valence-electron chi connectivity index (χ3n) is 4.22. The maximum absolute atomic E-state index is 12.2. The maximum Gasteiger partial charge on any atom is 0.234 e. The molecule has 1 aromatic carbocycles. The molecule has 0 spiro atoms. The van der Waals surface area contributed by atoms with Crippen molar-refractivity contribution in [3.05, 3.63) is 33.8 Å². The van der Waals surface area contributed by atoms with Crippen molar-refractivity contribution in [3.8, 4) is 0 Å². The fourth-order valence-electron chi connectivity index (χ4n) is 3.12. The molecule has 1 fully saturated rings. The highest BCUT2D eigenvalue weighted by Gasteiger charge is 2.21. The molecule has 146 valence electrons. The predicted octanol–water partition coefficient (Wildman–Crippen LogP) is 2.90. The van der Waals surface area contributed by atoms with Crippen molar-refractivity contribution < 1.29 is 9.53 Å². The van der Waals surface area contributed by atoms with Gasteiger partial charge < -0.3 is 10.1 Å². The van der Waals surface area contributed by atoms with Crippen molar-refractivity contribution in [1.29, 1.82) is 0 Å². The number of benzene rings is 1. The molecular formula is C19H29Cl2N3O2. The summed E-state index contributed by atoms with van der Waals surface area (Å²) in [6.45, 7) is 9.58. The molecule has 1 saturated heterocycles. The molecule has 1 heterocycles. The van der Waals surface area contributed by atoms with Crippen molar-refractivity contribution in [3.63, 3.8) is 0 Å². The van der Waals surface area contributed by atoms with E-state index in [1.54, 1.807) is 6.07 Å².